The van der Waals surface area contributed by atoms with Gasteiger partial charge >= 0.3 is 0 Å². The Bertz CT molecular complexity index is 676. The SMILES string of the molecule is Cc1c(F)cc(-c2ccc(N=C=S)c(Cl)n2)nc1F. The summed E-state index contributed by atoms with van der Waals surface area (Å²) in [6.07, 6.45) is 0. The minimum Gasteiger partial charge on any atom is -0.232 e. The van der Waals surface area contributed by atoms with E-state index in [0.29, 0.717) is 5.69 Å². The molecule has 2 aromatic heterocycles. The number of nitrogens with zero attached hydrogens (tertiary/aromatic N) is 3. The van der Waals surface area contributed by atoms with Crippen molar-refractivity contribution in [3.05, 3.63) is 40.7 Å². The van der Waals surface area contributed by atoms with Crippen LogP contribution in [0.3, 0.4) is 0 Å². The van der Waals surface area contributed by atoms with E-state index in [9.17, 15) is 8.78 Å². The van der Waals surface area contributed by atoms with Crippen LogP contribution in [0.2, 0.25) is 5.15 Å². The van der Waals surface area contributed by atoms with Gasteiger partial charge in [0.1, 0.15) is 11.5 Å². The Hall–Kier alpha value is -1.75. The van der Waals surface area contributed by atoms with E-state index in [1.165, 1.54) is 19.1 Å². The molecule has 19 heavy (non-hydrogen) atoms. The van der Waals surface area contributed by atoms with Crippen molar-refractivity contribution in [2.45, 2.75) is 6.92 Å². The van der Waals surface area contributed by atoms with Crippen LogP contribution in [0.4, 0.5) is 14.5 Å². The standard InChI is InChI=1S/C12H6ClF2N3S/c1-6-7(14)4-10(18-12(6)15)8-2-3-9(16-5-19)11(13)17-8/h2-4H,1H3. The zero-order chi connectivity index (χ0) is 14.0. The molecule has 2 heterocycles. The lowest BCUT2D eigenvalue weighted by Gasteiger charge is -2.04. The molecule has 0 unspecified atom stereocenters. The number of rotatable bonds is 2. The Kier molecular flexibility index (Phi) is 3.95. The summed E-state index contributed by atoms with van der Waals surface area (Å²) in [6.45, 7) is 1.30. The number of isothiocyanates is 1. The van der Waals surface area contributed by atoms with E-state index in [0.717, 1.165) is 6.07 Å². The lowest BCUT2D eigenvalue weighted by atomic mass is 10.2. The number of aromatic nitrogens is 2. The smallest absolute Gasteiger partial charge is 0.219 e. The molecule has 2 aromatic rings. The van der Waals surface area contributed by atoms with Crippen LogP contribution >= 0.6 is 23.8 Å². The maximum absolute atomic E-state index is 13.4. The molecule has 0 atom stereocenters. The summed E-state index contributed by atoms with van der Waals surface area (Å²) in [5.74, 6) is -1.57. The van der Waals surface area contributed by atoms with Gasteiger partial charge in [-0.15, -0.1) is 0 Å². The molecule has 0 aliphatic rings. The molecular formula is C12H6ClF2N3S. The molecule has 0 spiro atoms. The van der Waals surface area contributed by atoms with Gasteiger partial charge in [-0.1, -0.05) is 11.6 Å². The summed E-state index contributed by atoms with van der Waals surface area (Å²) in [5, 5.41) is 2.21. The topological polar surface area (TPSA) is 38.1 Å². The van der Waals surface area contributed by atoms with Crippen molar-refractivity contribution >= 4 is 34.7 Å². The molecule has 0 aromatic carbocycles. The number of hydrogen-bond donors (Lipinski definition) is 0. The highest BCUT2D eigenvalue weighted by atomic mass is 35.5. The zero-order valence-corrected chi connectivity index (χ0v) is 11.2. The van der Waals surface area contributed by atoms with Crippen molar-refractivity contribution < 1.29 is 8.78 Å². The quantitative estimate of drug-likeness (QED) is 0.475. The van der Waals surface area contributed by atoms with Crippen LogP contribution in [-0.2, 0) is 0 Å². The van der Waals surface area contributed by atoms with Crippen LogP contribution in [-0.4, -0.2) is 15.1 Å². The number of thiocarbonyl (C=S) groups is 1. The number of halogens is 3. The summed E-state index contributed by atoms with van der Waals surface area (Å²) < 4.78 is 26.8. The lowest BCUT2D eigenvalue weighted by Crippen LogP contribution is -1.97. The van der Waals surface area contributed by atoms with E-state index >= 15 is 0 Å². The maximum atomic E-state index is 13.4. The van der Waals surface area contributed by atoms with Gasteiger partial charge in [-0.3, -0.25) is 0 Å². The minimum absolute atomic E-state index is 0.0537. The average molecular weight is 298 g/mol. The van der Waals surface area contributed by atoms with Crippen LogP contribution < -0.4 is 0 Å². The lowest BCUT2D eigenvalue weighted by molar-refractivity contribution is 0.539. The molecule has 2 rings (SSSR count). The molecule has 96 valence electrons. The van der Waals surface area contributed by atoms with Crippen molar-refractivity contribution in [2.75, 3.05) is 0 Å². The van der Waals surface area contributed by atoms with Crippen molar-refractivity contribution in [2.24, 2.45) is 4.99 Å². The van der Waals surface area contributed by atoms with E-state index in [1.54, 1.807) is 0 Å². The largest absolute Gasteiger partial charge is 0.232 e. The van der Waals surface area contributed by atoms with Gasteiger partial charge in [0.2, 0.25) is 5.95 Å². The van der Waals surface area contributed by atoms with Crippen LogP contribution in [0, 0.1) is 18.7 Å². The van der Waals surface area contributed by atoms with Crippen LogP contribution in [0.15, 0.2) is 23.2 Å². The van der Waals surface area contributed by atoms with Crippen molar-refractivity contribution in [3.8, 4) is 11.4 Å². The van der Waals surface area contributed by atoms with Gasteiger partial charge in [0, 0.05) is 11.6 Å². The molecule has 0 fully saturated rings. The van der Waals surface area contributed by atoms with Gasteiger partial charge in [0.25, 0.3) is 0 Å². The van der Waals surface area contributed by atoms with E-state index in [-0.39, 0.29) is 22.1 Å². The first-order valence-corrected chi connectivity index (χ1v) is 5.89. The second-order valence-electron chi connectivity index (χ2n) is 3.61. The van der Waals surface area contributed by atoms with Gasteiger partial charge in [0.15, 0.2) is 5.15 Å². The van der Waals surface area contributed by atoms with E-state index in [4.69, 9.17) is 11.6 Å². The fourth-order valence-electron chi connectivity index (χ4n) is 1.38. The molecule has 0 saturated carbocycles. The zero-order valence-electron chi connectivity index (χ0n) is 9.62. The first-order chi connectivity index (χ1) is 9.02. The molecule has 3 nitrogen and oxygen atoms in total. The molecular weight excluding hydrogens is 292 g/mol. The highest BCUT2D eigenvalue weighted by Gasteiger charge is 2.12. The molecule has 0 aliphatic heterocycles. The Morgan fingerprint density at radius 3 is 2.58 bits per heavy atom. The predicted octanol–water partition coefficient (Wildman–Crippen LogP) is 4.12. The number of aliphatic imine (C=N–C) groups is 1. The Balaban J connectivity index is 2.54. The molecule has 0 saturated heterocycles. The highest BCUT2D eigenvalue weighted by Crippen LogP contribution is 2.27. The summed E-state index contributed by atoms with van der Waals surface area (Å²) >= 11 is 10.3. The van der Waals surface area contributed by atoms with E-state index in [2.05, 4.69) is 32.3 Å². The fraction of sp³-hybridized carbons (Fsp3) is 0.0833. The third-order valence-electron chi connectivity index (χ3n) is 2.41. The first kappa shape index (κ1) is 13.7. The summed E-state index contributed by atoms with van der Waals surface area (Å²) in [4.78, 5) is 11.3. The third kappa shape index (κ3) is 2.81. The third-order valence-corrected chi connectivity index (χ3v) is 2.78. The first-order valence-electron chi connectivity index (χ1n) is 5.10. The van der Waals surface area contributed by atoms with Crippen LogP contribution in [0.25, 0.3) is 11.4 Å². The molecule has 0 amide bonds. The van der Waals surface area contributed by atoms with Crippen molar-refractivity contribution in [1.29, 1.82) is 0 Å². The Morgan fingerprint density at radius 1 is 1.26 bits per heavy atom. The normalized spacial score (nSPS) is 10.1. The van der Waals surface area contributed by atoms with Crippen molar-refractivity contribution in [1.82, 2.24) is 9.97 Å². The Morgan fingerprint density at radius 2 is 2.00 bits per heavy atom. The summed E-state index contributed by atoms with van der Waals surface area (Å²) in [6, 6.07) is 4.11. The van der Waals surface area contributed by atoms with Crippen LogP contribution in [0.1, 0.15) is 5.56 Å². The second-order valence-corrected chi connectivity index (χ2v) is 4.16. The minimum atomic E-state index is -0.881. The maximum Gasteiger partial charge on any atom is 0.219 e. The number of hydrogen-bond acceptors (Lipinski definition) is 4. The molecule has 0 radical (unpaired) electrons. The summed E-state index contributed by atoms with van der Waals surface area (Å²) in [7, 11) is 0. The number of pyridine rings is 2. The molecule has 0 N–H and O–H groups in total. The van der Waals surface area contributed by atoms with Gasteiger partial charge in [-0.25, -0.2) is 14.4 Å². The second kappa shape index (κ2) is 5.48. The van der Waals surface area contributed by atoms with Crippen LogP contribution in [0.5, 0.6) is 0 Å². The average Bonchev–Trinajstić information content (AvgIpc) is 2.38. The van der Waals surface area contributed by atoms with E-state index < -0.39 is 11.8 Å². The molecule has 7 heteroatoms. The van der Waals surface area contributed by atoms with Crippen molar-refractivity contribution in [3.63, 3.8) is 0 Å². The van der Waals surface area contributed by atoms with Gasteiger partial charge in [0.05, 0.1) is 16.5 Å². The van der Waals surface area contributed by atoms with Gasteiger partial charge < -0.3 is 0 Å². The fourth-order valence-corrected chi connectivity index (χ4v) is 1.68. The summed E-state index contributed by atoms with van der Waals surface area (Å²) in [5.41, 5.74) is 0.483. The monoisotopic (exact) mass is 297 g/mol. The van der Waals surface area contributed by atoms with E-state index in [1.807, 2.05) is 0 Å². The van der Waals surface area contributed by atoms with Gasteiger partial charge in [-0.2, -0.15) is 9.38 Å². The Labute approximate surface area is 118 Å². The molecule has 0 aliphatic carbocycles. The molecule has 0 bridgehead atoms. The predicted molar refractivity (Wildman–Crippen MR) is 71.8 cm³/mol. The van der Waals surface area contributed by atoms with Gasteiger partial charge in [-0.05, 0) is 31.3 Å². The highest BCUT2D eigenvalue weighted by molar-refractivity contribution is 7.78.